The second-order valence-corrected chi connectivity index (χ2v) is 9.66. The van der Waals surface area contributed by atoms with Crippen LogP contribution in [0.3, 0.4) is 0 Å². The smallest absolute Gasteiger partial charge is 0.243 e. The molecule has 158 valence electrons. The molecule has 0 amide bonds. The number of aryl methyl sites for hydroxylation is 3. The Kier molecular flexibility index (Phi) is 5.38. The molecule has 3 aromatic rings. The van der Waals surface area contributed by atoms with Crippen molar-refractivity contribution in [3.8, 4) is 5.75 Å². The van der Waals surface area contributed by atoms with Crippen LogP contribution in [-0.2, 0) is 16.4 Å². The number of nitrogens with zero attached hydrogens (tertiary/aromatic N) is 3. The number of rotatable bonds is 6. The first kappa shape index (κ1) is 20.6. The Labute approximate surface area is 176 Å². The zero-order valence-electron chi connectivity index (χ0n) is 17.5. The standard InChI is InChI=1S/C22H25N3O4S/c1-14-9-15(2)21(16(3)10-14)30(26,27)25-12-18(13-25)22-23-20(24-29-22)11-17-7-5-6-8-19(17)28-4/h5-10,18H,11-13H2,1-4H3. The summed E-state index contributed by atoms with van der Waals surface area (Å²) in [6.07, 6.45) is 0.490. The first-order valence-corrected chi connectivity index (χ1v) is 11.3. The lowest BCUT2D eigenvalue weighted by Crippen LogP contribution is -2.48. The largest absolute Gasteiger partial charge is 0.496 e. The Morgan fingerprint density at radius 1 is 1.13 bits per heavy atom. The quantitative estimate of drug-likeness (QED) is 0.599. The SMILES string of the molecule is COc1ccccc1Cc1noc(C2CN(S(=O)(=O)c3c(C)cc(C)cc3C)C2)n1. The molecule has 0 spiro atoms. The maximum atomic E-state index is 13.1. The molecule has 8 heteroatoms. The maximum absolute atomic E-state index is 13.1. The van der Waals surface area contributed by atoms with E-state index in [4.69, 9.17) is 9.26 Å². The van der Waals surface area contributed by atoms with Crippen molar-refractivity contribution in [3.05, 3.63) is 70.4 Å². The number of methoxy groups -OCH3 is 1. The number of para-hydroxylation sites is 1. The summed E-state index contributed by atoms with van der Waals surface area (Å²) in [5.74, 6) is 1.71. The van der Waals surface area contributed by atoms with Crippen LogP contribution in [0.1, 0.15) is 39.9 Å². The molecule has 30 heavy (non-hydrogen) atoms. The van der Waals surface area contributed by atoms with Crippen LogP contribution in [0.2, 0.25) is 0 Å². The van der Waals surface area contributed by atoms with Gasteiger partial charge in [-0.15, -0.1) is 0 Å². The minimum atomic E-state index is -3.55. The summed E-state index contributed by atoms with van der Waals surface area (Å²) in [4.78, 5) is 4.88. The van der Waals surface area contributed by atoms with Crippen LogP contribution in [0.25, 0.3) is 0 Å². The van der Waals surface area contributed by atoms with Gasteiger partial charge in [-0.2, -0.15) is 9.29 Å². The first-order chi connectivity index (χ1) is 14.3. The zero-order chi connectivity index (χ0) is 21.5. The molecule has 4 rings (SSSR count). The molecule has 7 nitrogen and oxygen atoms in total. The van der Waals surface area contributed by atoms with Gasteiger partial charge in [-0.3, -0.25) is 0 Å². The summed E-state index contributed by atoms with van der Waals surface area (Å²) >= 11 is 0. The molecule has 0 bridgehead atoms. The van der Waals surface area contributed by atoms with E-state index < -0.39 is 10.0 Å². The maximum Gasteiger partial charge on any atom is 0.243 e. The lowest BCUT2D eigenvalue weighted by atomic mass is 10.0. The van der Waals surface area contributed by atoms with E-state index in [-0.39, 0.29) is 5.92 Å². The van der Waals surface area contributed by atoms with Gasteiger partial charge in [0.05, 0.1) is 17.9 Å². The summed E-state index contributed by atoms with van der Waals surface area (Å²) in [5.41, 5.74) is 3.56. The van der Waals surface area contributed by atoms with Gasteiger partial charge in [0, 0.05) is 25.1 Å². The van der Waals surface area contributed by atoms with Gasteiger partial charge in [0.15, 0.2) is 5.82 Å². The second kappa shape index (κ2) is 7.85. The second-order valence-electron chi connectivity index (χ2n) is 7.78. The van der Waals surface area contributed by atoms with Gasteiger partial charge < -0.3 is 9.26 Å². The molecule has 1 aromatic heterocycles. The molecule has 0 atom stereocenters. The zero-order valence-corrected chi connectivity index (χ0v) is 18.4. The van der Waals surface area contributed by atoms with Crippen molar-refractivity contribution in [1.29, 1.82) is 0 Å². The Morgan fingerprint density at radius 2 is 1.80 bits per heavy atom. The highest BCUT2D eigenvalue weighted by Crippen LogP contribution is 2.34. The van der Waals surface area contributed by atoms with Crippen LogP contribution < -0.4 is 4.74 Å². The highest BCUT2D eigenvalue weighted by molar-refractivity contribution is 7.89. The Balaban J connectivity index is 1.46. The van der Waals surface area contributed by atoms with E-state index in [1.165, 1.54) is 4.31 Å². The molecule has 2 heterocycles. The number of aromatic nitrogens is 2. The van der Waals surface area contributed by atoms with Crippen LogP contribution in [0.4, 0.5) is 0 Å². The van der Waals surface area contributed by atoms with Gasteiger partial charge in [0.1, 0.15) is 5.75 Å². The van der Waals surface area contributed by atoms with E-state index in [1.54, 1.807) is 7.11 Å². The van der Waals surface area contributed by atoms with Crippen LogP contribution in [0.15, 0.2) is 45.8 Å². The van der Waals surface area contributed by atoms with Crippen LogP contribution in [-0.4, -0.2) is 43.1 Å². The molecule has 1 saturated heterocycles. The monoisotopic (exact) mass is 427 g/mol. The average Bonchev–Trinajstić information content (AvgIpc) is 3.07. The van der Waals surface area contributed by atoms with E-state index in [9.17, 15) is 8.42 Å². The van der Waals surface area contributed by atoms with Crippen molar-refractivity contribution in [2.45, 2.75) is 38.0 Å². The van der Waals surface area contributed by atoms with Crippen molar-refractivity contribution in [2.24, 2.45) is 0 Å². The average molecular weight is 428 g/mol. The summed E-state index contributed by atoms with van der Waals surface area (Å²) in [5, 5.41) is 4.06. The molecule has 2 aromatic carbocycles. The van der Waals surface area contributed by atoms with Crippen LogP contribution >= 0.6 is 0 Å². The fourth-order valence-corrected chi connectivity index (χ4v) is 5.96. The van der Waals surface area contributed by atoms with E-state index >= 15 is 0 Å². The van der Waals surface area contributed by atoms with Gasteiger partial charge >= 0.3 is 0 Å². The summed E-state index contributed by atoms with van der Waals surface area (Å²) in [7, 11) is -1.92. The van der Waals surface area contributed by atoms with Gasteiger partial charge in [-0.25, -0.2) is 8.42 Å². The van der Waals surface area contributed by atoms with Crippen LogP contribution in [0, 0.1) is 20.8 Å². The molecular weight excluding hydrogens is 402 g/mol. The Hall–Kier alpha value is -2.71. The lowest BCUT2D eigenvalue weighted by Gasteiger charge is -2.36. The molecule has 0 N–H and O–H groups in total. The van der Waals surface area contributed by atoms with Crippen LogP contribution in [0.5, 0.6) is 5.75 Å². The molecule has 0 unspecified atom stereocenters. The van der Waals surface area contributed by atoms with Gasteiger partial charge in [-0.05, 0) is 38.0 Å². The molecule has 0 radical (unpaired) electrons. The van der Waals surface area contributed by atoms with E-state index in [1.807, 2.05) is 57.2 Å². The van der Waals surface area contributed by atoms with E-state index in [2.05, 4.69) is 10.1 Å². The summed E-state index contributed by atoms with van der Waals surface area (Å²) in [6.45, 7) is 6.32. The fraction of sp³-hybridized carbons (Fsp3) is 0.364. The van der Waals surface area contributed by atoms with E-state index in [0.717, 1.165) is 28.0 Å². The highest BCUT2D eigenvalue weighted by atomic mass is 32.2. The molecular formula is C22H25N3O4S. The molecule has 1 fully saturated rings. The number of hydrogen-bond donors (Lipinski definition) is 0. The summed E-state index contributed by atoms with van der Waals surface area (Å²) in [6, 6.07) is 11.5. The number of benzene rings is 2. The predicted molar refractivity (Wildman–Crippen MR) is 112 cm³/mol. The minimum Gasteiger partial charge on any atom is -0.496 e. The van der Waals surface area contributed by atoms with Gasteiger partial charge in [0.2, 0.25) is 15.9 Å². The number of sulfonamides is 1. The minimum absolute atomic E-state index is 0.0928. The lowest BCUT2D eigenvalue weighted by molar-refractivity contribution is 0.216. The highest BCUT2D eigenvalue weighted by Gasteiger charge is 2.41. The van der Waals surface area contributed by atoms with Gasteiger partial charge in [-0.1, -0.05) is 41.1 Å². The third kappa shape index (κ3) is 3.73. The molecule has 0 saturated carbocycles. The normalized spacial score (nSPS) is 15.2. The van der Waals surface area contributed by atoms with Crippen molar-refractivity contribution >= 4 is 10.0 Å². The van der Waals surface area contributed by atoms with E-state index in [0.29, 0.717) is 36.1 Å². The Morgan fingerprint density at radius 3 is 2.47 bits per heavy atom. The number of ether oxygens (including phenoxy) is 1. The predicted octanol–water partition coefficient (Wildman–Crippen LogP) is 3.38. The van der Waals surface area contributed by atoms with Crippen molar-refractivity contribution < 1.29 is 17.7 Å². The van der Waals surface area contributed by atoms with Crippen molar-refractivity contribution in [3.63, 3.8) is 0 Å². The molecule has 1 aliphatic rings. The topological polar surface area (TPSA) is 85.5 Å². The third-order valence-electron chi connectivity index (χ3n) is 5.42. The third-order valence-corrected chi connectivity index (χ3v) is 7.56. The van der Waals surface area contributed by atoms with Crippen molar-refractivity contribution in [2.75, 3.05) is 20.2 Å². The molecule has 1 aliphatic heterocycles. The number of hydrogen-bond acceptors (Lipinski definition) is 6. The van der Waals surface area contributed by atoms with Crippen molar-refractivity contribution in [1.82, 2.24) is 14.4 Å². The fourth-order valence-electron chi connectivity index (χ4n) is 4.02. The Bertz CT molecular complexity index is 1160. The summed E-state index contributed by atoms with van der Waals surface area (Å²) < 4.78 is 38.5. The molecule has 0 aliphatic carbocycles. The first-order valence-electron chi connectivity index (χ1n) is 9.82. The van der Waals surface area contributed by atoms with Gasteiger partial charge in [0.25, 0.3) is 0 Å².